The highest BCUT2D eigenvalue weighted by Gasteiger charge is 2.25. The number of halogens is 2. The third-order valence-electron chi connectivity index (χ3n) is 4.77. The highest BCUT2D eigenvalue weighted by molar-refractivity contribution is 6.31. The average molecular weight is 391 g/mol. The summed E-state index contributed by atoms with van der Waals surface area (Å²) in [6.07, 6.45) is 1.33. The van der Waals surface area contributed by atoms with Crippen LogP contribution in [0.5, 0.6) is 0 Å². The van der Waals surface area contributed by atoms with Crippen LogP contribution in [0.1, 0.15) is 11.1 Å². The third kappa shape index (κ3) is 5.85. The number of rotatable bonds is 6. The Morgan fingerprint density at radius 1 is 1.07 bits per heavy atom. The largest absolute Gasteiger partial charge is 0.322 e. The van der Waals surface area contributed by atoms with Crippen LogP contribution in [0.4, 0.5) is 4.39 Å². The predicted molar refractivity (Wildman–Crippen MR) is 104 cm³/mol. The maximum atomic E-state index is 13.5. The number of benzene rings is 2. The molecular formula is C20H24ClFN4O+2. The van der Waals surface area contributed by atoms with Crippen molar-refractivity contribution in [1.29, 1.82) is 0 Å². The first-order valence-corrected chi connectivity index (χ1v) is 9.46. The molecule has 0 aliphatic carbocycles. The quantitative estimate of drug-likeness (QED) is 0.469. The molecule has 0 radical (unpaired) electrons. The number of amides is 1. The Hall–Kier alpha value is -2.28. The molecule has 1 saturated heterocycles. The van der Waals surface area contributed by atoms with Crippen molar-refractivity contribution in [3.05, 3.63) is 70.5 Å². The fourth-order valence-corrected chi connectivity index (χ4v) is 3.44. The Morgan fingerprint density at radius 3 is 2.48 bits per heavy atom. The number of hydrogen-bond donors (Lipinski definition) is 3. The molecule has 0 aromatic heterocycles. The summed E-state index contributed by atoms with van der Waals surface area (Å²) in [6, 6.07) is 14.2. The molecule has 1 aliphatic heterocycles. The fourth-order valence-electron chi connectivity index (χ4n) is 3.24. The van der Waals surface area contributed by atoms with E-state index in [4.69, 9.17) is 11.6 Å². The molecule has 142 valence electrons. The molecule has 1 aliphatic rings. The number of nitrogens with one attached hydrogen (secondary N) is 3. The van der Waals surface area contributed by atoms with E-state index in [1.807, 2.05) is 18.2 Å². The summed E-state index contributed by atoms with van der Waals surface area (Å²) in [5.41, 5.74) is 4.00. The molecule has 7 heteroatoms. The standard InChI is InChI=1S/C20H22ClFN4O/c21-18-7-3-1-6-17(18)14-25-9-11-26(12-10-25)15-20(27)24-23-13-16-5-2-4-8-19(16)22/h1-8,13H,9-12,14-15H2,(H,24,27)/p+2/b23-13-. The van der Waals surface area contributed by atoms with Crippen molar-refractivity contribution in [3.8, 4) is 0 Å². The molecule has 2 aromatic carbocycles. The summed E-state index contributed by atoms with van der Waals surface area (Å²) in [5, 5.41) is 4.66. The molecule has 1 heterocycles. The van der Waals surface area contributed by atoms with Gasteiger partial charge in [-0.3, -0.25) is 4.79 Å². The molecule has 0 spiro atoms. The molecule has 5 nitrogen and oxygen atoms in total. The molecular weight excluding hydrogens is 367 g/mol. The van der Waals surface area contributed by atoms with E-state index in [-0.39, 0.29) is 11.7 Å². The van der Waals surface area contributed by atoms with Crippen molar-refractivity contribution >= 4 is 23.7 Å². The SMILES string of the molecule is O=C(C[NH+]1CC[NH+](Cc2ccccc2Cl)CC1)N/N=C\c1ccccc1F. The highest BCUT2D eigenvalue weighted by atomic mass is 35.5. The van der Waals surface area contributed by atoms with Crippen LogP contribution < -0.4 is 15.2 Å². The van der Waals surface area contributed by atoms with Crippen LogP contribution in [0.15, 0.2) is 53.6 Å². The number of carbonyl (C=O) groups is 1. The van der Waals surface area contributed by atoms with Crippen molar-refractivity contribution in [2.45, 2.75) is 6.54 Å². The Morgan fingerprint density at radius 2 is 1.74 bits per heavy atom. The highest BCUT2D eigenvalue weighted by Crippen LogP contribution is 2.13. The van der Waals surface area contributed by atoms with E-state index in [1.54, 1.807) is 18.2 Å². The first-order valence-electron chi connectivity index (χ1n) is 9.09. The third-order valence-corrected chi connectivity index (χ3v) is 5.14. The molecule has 2 aromatic rings. The van der Waals surface area contributed by atoms with Crippen LogP contribution >= 0.6 is 11.6 Å². The summed E-state index contributed by atoms with van der Waals surface area (Å²) in [4.78, 5) is 14.7. The van der Waals surface area contributed by atoms with Gasteiger partial charge < -0.3 is 9.80 Å². The zero-order valence-corrected chi connectivity index (χ0v) is 15.8. The molecule has 0 unspecified atom stereocenters. The molecule has 1 amide bonds. The van der Waals surface area contributed by atoms with Crippen LogP contribution in [0.3, 0.4) is 0 Å². The molecule has 0 atom stereocenters. The number of quaternary nitrogens is 2. The van der Waals surface area contributed by atoms with Gasteiger partial charge in [0.05, 0.1) is 6.21 Å². The van der Waals surface area contributed by atoms with Gasteiger partial charge in [-0.1, -0.05) is 48.0 Å². The van der Waals surface area contributed by atoms with Gasteiger partial charge in [-0.25, -0.2) is 9.82 Å². The maximum absolute atomic E-state index is 13.5. The minimum absolute atomic E-state index is 0.160. The molecule has 0 bridgehead atoms. The number of hydrazone groups is 1. The van der Waals surface area contributed by atoms with E-state index >= 15 is 0 Å². The molecule has 0 saturated carbocycles. The summed E-state index contributed by atoms with van der Waals surface area (Å²) in [7, 11) is 0. The summed E-state index contributed by atoms with van der Waals surface area (Å²) in [5.74, 6) is -0.522. The van der Waals surface area contributed by atoms with Crippen LogP contribution in [0, 0.1) is 5.82 Å². The normalized spacial score (nSPS) is 19.9. The van der Waals surface area contributed by atoms with E-state index in [1.165, 1.54) is 22.1 Å². The Balaban J connectivity index is 1.40. The van der Waals surface area contributed by atoms with Gasteiger partial charge in [0.15, 0.2) is 6.54 Å². The first-order chi connectivity index (χ1) is 13.1. The number of hydrogen-bond acceptors (Lipinski definition) is 2. The fraction of sp³-hybridized carbons (Fsp3) is 0.300. The van der Waals surface area contributed by atoms with Gasteiger partial charge >= 0.3 is 0 Å². The van der Waals surface area contributed by atoms with Crippen LogP contribution in [-0.4, -0.2) is 44.8 Å². The monoisotopic (exact) mass is 390 g/mol. The minimum Gasteiger partial charge on any atom is -0.322 e. The summed E-state index contributed by atoms with van der Waals surface area (Å²) in [6.45, 7) is 5.10. The van der Waals surface area contributed by atoms with Crippen molar-refractivity contribution in [2.75, 3.05) is 32.7 Å². The van der Waals surface area contributed by atoms with Crippen molar-refractivity contribution < 1.29 is 19.0 Å². The van der Waals surface area contributed by atoms with Crippen LogP contribution in [-0.2, 0) is 11.3 Å². The van der Waals surface area contributed by atoms with E-state index in [0.29, 0.717) is 12.1 Å². The predicted octanol–water partition coefficient (Wildman–Crippen LogP) is -0.0872. The Bertz CT molecular complexity index is 806. The molecule has 1 fully saturated rings. The number of carbonyl (C=O) groups excluding carboxylic acids is 1. The summed E-state index contributed by atoms with van der Waals surface area (Å²) < 4.78 is 13.5. The van der Waals surface area contributed by atoms with Crippen molar-refractivity contribution in [3.63, 3.8) is 0 Å². The van der Waals surface area contributed by atoms with Gasteiger partial charge in [-0.2, -0.15) is 5.10 Å². The molecule has 3 rings (SSSR count). The van der Waals surface area contributed by atoms with Gasteiger partial charge in [0.1, 0.15) is 38.5 Å². The summed E-state index contributed by atoms with van der Waals surface area (Å²) >= 11 is 6.24. The zero-order valence-electron chi connectivity index (χ0n) is 15.1. The lowest BCUT2D eigenvalue weighted by Crippen LogP contribution is -3.28. The lowest BCUT2D eigenvalue weighted by atomic mass is 10.2. The van der Waals surface area contributed by atoms with E-state index in [2.05, 4.69) is 16.6 Å². The number of nitrogens with zero attached hydrogens (tertiary/aromatic N) is 1. The Kier molecular flexibility index (Phi) is 6.92. The second-order valence-electron chi connectivity index (χ2n) is 6.76. The average Bonchev–Trinajstić information content (AvgIpc) is 2.67. The molecule has 27 heavy (non-hydrogen) atoms. The second kappa shape index (κ2) is 9.60. The van der Waals surface area contributed by atoms with Gasteiger partial charge in [-0.05, 0) is 12.1 Å². The lowest BCUT2D eigenvalue weighted by Gasteiger charge is -2.29. The smallest absolute Gasteiger partial charge is 0.295 e. The van der Waals surface area contributed by atoms with Gasteiger partial charge in [-0.15, -0.1) is 0 Å². The zero-order chi connectivity index (χ0) is 19.1. The second-order valence-corrected chi connectivity index (χ2v) is 7.17. The van der Waals surface area contributed by atoms with Crippen molar-refractivity contribution in [1.82, 2.24) is 5.43 Å². The van der Waals surface area contributed by atoms with Gasteiger partial charge in [0.2, 0.25) is 0 Å². The van der Waals surface area contributed by atoms with E-state index in [9.17, 15) is 9.18 Å². The topological polar surface area (TPSA) is 50.3 Å². The van der Waals surface area contributed by atoms with Crippen molar-refractivity contribution in [2.24, 2.45) is 5.10 Å². The Labute approximate surface area is 163 Å². The van der Waals surface area contributed by atoms with Gasteiger partial charge in [0.25, 0.3) is 5.91 Å². The van der Waals surface area contributed by atoms with E-state index < -0.39 is 0 Å². The minimum atomic E-state index is -0.362. The van der Waals surface area contributed by atoms with Gasteiger partial charge in [0, 0.05) is 16.1 Å². The first kappa shape index (κ1) is 19.5. The van der Waals surface area contributed by atoms with Crippen LogP contribution in [0.25, 0.3) is 0 Å². The van der Waals surface area contributed by atoms with Crippen LogP contribution in [0.2, 0.25) is 5.02 Å². The molecule has 3 N–H and O–H groups in total. The number of piperazine rings is 1. The maximum Gasteiger partial charge on any atom is 0.295 e. The lowest BCUT2D eigenvalue weighted by molar-refractivity contribution is -1.02. The van der Waals surface area contributed by atoms with E-state index in [0.717, 1.165) is 43.3 Å².